The normalized spacial score (nSPS) is 23.7. The van der Waals surface area contributed by atoms with Crippen LogP contribution in [0.1, 0.15) is 89.7 Å². The van der Waals surface area contributed by atoms with Crippen molar-refractivity contribution in [3.05, 3.63) is 105 Å². The monoisotopic (exact) mass is 961 g/mol. The van der Waals surface area contributed by atoms with Crippen molar-refractivity contribution in [1.29, 1.82) is 0 Å². The Hall–Kier alpha value is -7.05. The molecule has 3 fully saturated rings. The lowest BCUT2D eigenvalue weighted by molar-refractivity contribution is -0.136. The maximum atomic E-state index is 14.0. The van der Waals surface area contributed by atoms with E-state index in [0.717, 1.165) is 68.8 Å². The number of piperidine rings is 2. The fraction of sp³-hybridized carbons (Fsp3) is 0.453. The Morgan fingerprint density at radius 3 is 2.52 bits per heavy atom. The van der Waals surface area contributed by atoms with Gasteiger partial charge in [-0.1, -0.05) is 13.8 Å². The van der Waals surface area contributed by atoms with Gasteiger partial charge in [0.05, 0.1) is 30.2 Å². The minimum Gasteiger partial charge on any atom is -0.489 e. The van der Waals surface area contributed by atoms with Crippen molar-refractivity contribution in [2.24, 2.45) is 12.5 Å². The lowest BCUT2D eigenvalue weighted by Crippen LogP contribution is -2.59. The maximum absolute atomic E-state index is 14.0. The fourth-order valence-electron chi connectivity index (χ4n) is 12.6. The van der Waals surface area contributed by atoms with E-state index in [1.54, 1.807) is 35.3 Å². The number of anilines is 5. The van der Waals surface area contributed by atoms with Gasteiger partial charge in [0.25, 0.3) is 17.4 Å². The first-order chi connectivity index (χ1) is 34.2. The smallest absolute Gasteiger partial charge is 0.276 e. The zero-order valence-corrected chi connectivity index (χ0v) is 40.6. The summed E-state index contributed by atoms with van der Waals surface area (Å²) in [5.41, 5.74) is 8.75. The molecular formula is C53H59N11O7. The van der Waals surface area contributed by atoms with E-state index >= 15 is 0 Å². The van der Waals surface area contributed by atoms with E-state index in [1.165, 1.54) is 15.8 Å². The quantitative estimate of drug-likeness (QED) is 0.186. The van der Waals surface area contributed by atoms with Gasteiger partial charge in [-0.15, -0.1) is 0 Å². The van der Waals surface area contributed by atoms with E-state index in [9.17, 15) is 29.1 Å². The van der Waals surface area contributed by atoms with E-state index in [4.69, 9.17) is 9.72 Å². The second-order valence-electron chi connectivity index (χ2n) is 21.3. The average Bonchev–Trinajstić information content (AvgIpc) is 3.98. The van der Waals surface area contributed by atoms with Gasteiger partial charge in [0, 0.05) is 106 Å². The first-order valence-corrected chi connectivity index (χ1v) is 25.0. The molecule has 0 saturated carbocycles. The summed E-state index contributed by atoms with van der Waals surface area (Å²) in [5, 5.41) is 16.5. The molecule has 0 unspecified atom stereocenters. The van der Waals surface area contributed by atoms with Gasteiger partial charge in [-0.2, -0.15) is 0 Å². The largest absolute Gasteiger partial charge is 0.489 e. The van der Waals surface area contributed by atoms with Crippen LogP contribution in [0.3, 0.4) is 0 Å². The van der Waals surface area contributed by atoms with Crippen molar-refractivity contribution >= 4 is 52.3 Å². The van der Waals surface area contributed by atoms with Gasteiger partial charge in [-0.25, -0.2) is 9.97 Å². The summed E-state index contributed by atoms with van der Waals surface area (Å²) in [7, 11) is 1.69. The second-order valence-corrected chi connectivity index (χ2v) is 21.3. The molecule has 4 aromatic heterocycles. The number of carbonyl (C=O) groups excluding carboxylic acids is 4. The number of benzene rings is 1. The highest BCUT2D eigenvalue weighted by Gasteiger charge is 2.43. The minimum absolute atomic E-state index is 0.131. The fourth-order valence-corrected chi connectivity index (χ4v) is 12.6. The van der Waals surface area contributed by atoms with Crippen LogP contribution < -0.4 is 35.6 Å². The van der Waals surface area contributed by atoms with Crippen LogP contribution in [-0.4, -0.2) is 121 Å². The first kappa shape index (κ1) is 45.1. The first-order valence-electron chi connectivity index (χ1n) is 25.0. The van der Waals surface area contributed by atoms with E-state index < -0.39 is 11.9 Å². The number of carbonyl (C=O) groups is 4. The third-order valence-corrected chi connectivity index (χ3v) is 16.1. The van der Waals surface area contributed by atoms with Gasteiger partial charge in [-0.3, -0.25) is 39.1 Å². The van der Waals surface area contributed by atoms with Crippen molar-refractivity contribution in [2.75, 3.05) is 59.3 Å². The highest BCUT2D eigenvalue weighted by molar-refractivity contribution is 6.07. The van der Waals surface area contributed by atoms with Gasteiger partial charge in [0.1, 0.15) is 41.4 Å². The molecule has 368 valence electrons. The molecule has 18 heteroatoms. The van der Waals surface area contributed by atoms with Crippen LogP contribution in [0.25, 0.3) is 11.1 Å². The number of nitrogens with zero attached hydrogens (tertiary/aromatic N) is 9. The molecule has 10 heterocycles. The predicted octanol–water partition coefficient (Wildman–Crippen LogP) is 4.37. The zero-order valence-electron chi connectivity index (χ0n) is 40.6. The molecular weight excluding hydrogens is 903 g/mol. The molecule has 3 saturated heterocycles. The van der Waals surface area contributed by atoms with Crippen molar-refractivity contribution in [3.8, 4) is 16.9 Å². The number of hydrogen-bond acceptors (Lipinski definition) is 13. The molecule has 18 nitrogen and oxygen atoms in total. The molecule has 3 N–H and O–H groups in total. The maximum Gasteiger partial charge on any atom is 0.276 e. The number of fused-ring (bicyclic) bond motifs is 7. The topological polar surface area (TPSA) is 191 Å². The molecule has 1 aromatic carbocycles. The summed E-state index contributed by atoms with van der Waals surface area (Å²) < 4.78 is 10.0. The van der Waals surface area contributed by atoms with Gasteiger partial charge < -0.3 is 39.0 Å². The number of hydrogen-bond donors (Lipinski definition) is 3. The number of pyridine rings is 3. The van der Waals surface area contributed by atoms with Crippen LogP contribution in [0.2, 0.25) is 0 Å². The lowest BCUT2D eigenvalue weighted by Gasteiger charge is -2.50. The van der Waals surface area contributed by atoms with Crippen molar-refractivity contribution in [2.45, 2.75) is 103 Å². The van der Waals surface area contributed by atoms with E-state index in [1.807, 2.05) is 36.5 Å². The number of aliphatic hydroxyl groups excluding tert-OH is 1. The predicted molar refractivity (Wildman–Crippen MR) is 266 cm³/mol. The molecule has 4 amide bonds. The van der Waals surface area contributed by atoms with E-state index in [2.05, 4.69) is 61.7 Å². The summed E-state index contributed by atoms with van der Waals surface area (Å²) in [6.45, 7) is 11.9. The second kappa shape index (κ2) is 17.1. The molecule has 12 rings (SSSR count). The standard InChI is InChI=1S/C53H59N11O7/c1-30-25-59(34-10-12-61-36(20-34)29-71-45-21-38-33(19-42(45)61)27-64(50(38)68)41-6-8-47(66)57-49(41)67)13-14-60(30)35-5-7-46(55-24-35)56-40-17-32(26-58(4)51(40)69)37-9-11-54-48(39(37)28-65)63-16-15-62-43(52(63)70)18-31-22-53(2,3)23-44(31)62/h5,7,9,11,17-19,21,24,26,30,34,36,41,65H,6,8,10,12-16,20,22-23,25,27-29H2,1-4H3,(H,55,56)(H,57,66,67)/t30-,34+,36-,41-/m0/s1. The SMILES string of the molecule is C[C@H]1CN([C@@H]2CCN3c4cc5c(cc4OC[C@@H]3C2)C(=O)N([C@H]2CCC(=O)NC2=O)C5)CCN1c1ccc(Nc2cc(-c3ccnc(N4CCn5c(cc6c5CC(C)(C)C6)C4=O)c3CO)cn(C)c2=O)nc1. The Labute approximate surface area is 411 Å². The van der Waals surface area contributed by atoms with Crippen molar-refractivity contribution in [1.82, 2.24) is 34.2 Å². The van der Waals surface area contributed by atoms with Crippen LogP contribution >= 0.6 is 0 Å². The number of aryl methyl sites for hydroxylation is 1. The van der Waals surface area contributed by atoms with Gasteiger partial charge in [0.15, 0.2) is 0 Å². The summed E-state index contributed by atoms with van der Waals surface area (Å²) in [4.78, 5) is 85.6. The number of nitrogens with one attached hydrogen (secondary N) is 2. The van der Waals surface area contributed by atoms with Crippen LogP contribution in [-0.2, 0) is 49.2 Å². The molecule has 71 heavy (non-hydrogen) atoms. The Morgan fingerprint density at radius 2 is 1.73 bits per heavy atom. The molecule has 0 radical (unpaired) electrons. The Kier molecular flexibility index (Phi) is 10.8. The molecule has 6 aliphatic heterocycles. The molecule has 4 atom stereocenters. The van der Waals surface area contributed by atoms with Crippen LogP contribution in [0.4, 0.5) is 28.7 Å². The van der Waals surface area contributed by atoms with Crippen LogP contribution in [0.5, 0.6) is 5.75 Å². The number of amides is 4. The number of aliphatic hydroxyl groups is 1. The molecule has 0 spiro atoms. The van der Waals surface area contributed by atoms with Gasteiger partial charge in [0.2, 0.25) is 11.8 Å². The summed E-state index contributed by atoms with van der Waals surface area (Å²) >= 11 is 0. The summed E-state index contributed by atoms with van der Waals surface area (Å²) in [6.07, 6.45) is 9.64. The number of rotatable bonds is 8. The average molecular weight is 962 g/mol. The Balaban J connectivity index is 0.690. The third-order valence-electron chi connectivity index (χ3n) is 16.1. The summed E-state index contributed by atoms with van der Waals surface area (Å²) in [6, 6.07) is 13.6. The molecule has 1 aliphatic carbocycles. The number of piperazine rings is 1. The van der Waals surface area contributed by atoms with E-state index in [-0.39, 0.29) is 53.8 Å². The van der Waals surface area contributed by atoms with Crippen LogP contribution in [0, 0.1) is 5.41 Å². The van der Waals surface area contributed by atoms with Gasteiger partial charge >= 0.3 is 0 Å². The molecule has 0 bridgehead atoms. The Morgan fingerprint density at radius 1 is 0.873 bits per heavy atom. The minimum atomic E-state index is -0.655. The summed E-state index contributed by atoms with van der Waals surface area (Å²) in [5.74, 6) is 0.608. The van der Waals surface area contributed by atoms with Crippen LogP contribution in [0.15, 0.2) is 65.8 Å². The third kappa shape index (κ3) is 7.73. The number of ether oxygens (including phenoxy) is 1. The Bertz CT molecular complexity index is 3110. The number of imide groups is 1. The zero-order chi connectivity index (χ0) is 49.0. The van der Waals surface area contributed by atoms with Crippen molar-refractivity contribution < 1.29 is 29.0 Å². The molecule has 5 aromatic rings. The van der Waals surface area contributed by atoms with Crippen molar-refractivity contribution in [3.63, 3.8) is 0 Å². The van der Waals surface area contributed by atoms with E-state index in [0.29, 0.717) is 89.7 Å². The molecule has 7 aliphatic rings. The highest BCUT2D eigenvalue weighted by atomic mass is 16.5. The van der Waals surface area contributed by atoms with Gasteiger partial charge in [-0.05, 0) is 104 Å². The highest BCUT2D eigenvalue weighted by Crippen LogP contribution is 2.44. The lowest BCUT2D eigenvalue weighted by atomic mass is 9.90. The number of aromatic nitrogens is 4.